The Hall–Kier alpha value is -4.50. The number of hydrogen-bond donors (Lipinski definition) is 4. The van der Waals surface area contributed by atoms with E-state index in [-0.39, 0.29) is 40.4 Å². The number of amides is 1. The van der Waals surface area contributed by atoms with Crippen LogP contribution in [0.5, 0.6) is 23.0 Å². The van der Waals surface area contributed by atoms with Crippen molar-refractivity contribution in [2.24, 2.45) is 0 Å². The maximum Gasteiger partial charge on any atom is 0.223 e. The van der Waals surface area contributed by atoms with Crippen molar-refractivity contribution in [3.05, 3.63) is 82.0 Å². The predicted molar refractivity (Wildman–Crippen MR) is 142 cm³/mol. The molecule has 38 heavy (non-hydrogen) atoms. The van der Waals surface area contributed by atoms with E-state index in [2.05, 4.69) is 4.90 Å². The van der Waals surface area contributed by atoms with Crippen LogP contribution in [0.4, 0.5) is 0 Å². The van der Waals surface area contributed by atoms with Crippen LogP contribution < -0.4 is 5.43 Å². The van der Waals surface area contributed by atoms with Gasteiger partial charge in [0.05, 0.1) is 0 Å². The van der Waals surface area contributed by atoms with Crippen LogP contribution in [-0.4, -0.2) is 69.4 Å². The first kappa shape index (κ1) is 25.2. The van der Waals surface area contributed by atoms with Crippen LogP contribution >= 0.6 is 0 Å². The summed E-state index contributed by atoms with van der Waals surface area (Å²) in [4.78, 5) is 30.5. The van der Waals surface area contributed by atoms with Gasteiger partial charge in [-0.15, -0.1) is 0 Å². The maximum atomic E-state index is 13.5. The summed E-state index contributed by atoms with van der Waals surface area (Å²) in [6.07, 6.45) is -0.140. The molecule has 1 aliphatic heterocycles. The van der Waals surface area contributed by atoms with Crippen LogP contribution in [0.25, 0.3) is 22.3 Å². The van der Waals surface area contributed by atoms with Crippen LogP contribution in [0.3, 0.4) is 0 Å². The number of benzene rings is 3. The highest BCUT2D eigenvalue weighted by atomic mass is 16.3. The number of phenols is 4. The Kier molecular flexibility index (Phi) is 6.69. The van der Waals surface area contributed by atoms with Crippen molar-refractivity contribution in [3.63, 3.8) is 0 Å². The summed E-state index contributed by atoms with van der Waals surface area (Å²) in [5.74, 6) is -3.39. The Morgan fingerprint density at radius 2 is 1.61 bits per heavy atom. The van der Waals surface area contributed by atoms with E-state index >= 15 is 0 Å². The molecular weight excluding hydrogens is 488 g/mol. The molecular formula is C29H28N2O7. The molecule has 4 N–H and O–H groups in total. The number of hydrogen-bond acceptors (Lipinski definition) is 8. The Morgan fingerprint density at radius 3 is 2.29 bits per heavy atom. The van der Waals surface area contributed by atoms with Crippen LogP contribution in [0.1, 0.15) is 23.5 Å². The lowest BCUT2D eigenvalue weighted by Gasteiger charge is -2.33. The SMILES string of the molecule is CN1CCN(C(=O)C[C@H](c2cccc(O)c2)c2c(O)c(O)c(O)c3c(=O)cc(-c4ccccc4)oc23)CC1. The normalized spacial score (nSPS) is 15.0. The van der Waals surface area contributed by atoms with Crippen molar-refractivity contribution in [2.75, 3.05) is 33.2 Å². The zero-order valence-electron chi connectivity index (χ0n) is 20.8. The molecule has 0 bridgehead atoms. The highest BCUT2D eigenvalue weighted by Gasteiger charge is 2.32. The minimum absolute atomic E-state index is 0.0294. The van der Waals surface area contributed by atoms with Gasteiger partial charge in [0.15, 0.2) is 16.9 Å². The van der Waals surface area contributed by atoms with Gasteiger partial charge >= 0.3 is 0 Å². The molecule has 1 aromatic heterocycles. The van der Waals surface area contributed by atoms with Crippen molar-refractivity contribution in [1.82, 2.24) is 9.80 Å². The lowest BCUT2D eigenvalue weighted by atomic mass is 9.85. The van der Waals surface area contributed by atoms with E-state index in [1.54, 1.807) is 41.3 Å². The minimum atomic E-state index is -0.919. The van der Waals surface area contributed by atoms with Gasteiger partial charge in [0.2, 0.25) is 11.7 Å². The summed E-state index contributed by atoms with van der Waals surface area (Å²) in [6.45, 7) is 2.49. The molecule has 1 saturated heterocycles. The molecule has 9 nitrogen and oxygen atoms in total. The average molecular weight is 517 g/mol. The van der Waals surface area contributed by atoms with E-state index in [0.717, 1.165) is 0 Å². The third kappa shape index (κ3) is 4.64. The highest BCUT2D eigenvalue weighted by Crippen LogP contribution is 2.49. The van der Waals surface area contributed by atoms with Gasteiger partial charge < -0.3 is 34.6 Å². The van der Waals surface area contributed by atoms with Gasteiger partial charge in [-0.3, -0.25) is 9.59 Å². The summed E-state index contributed by atoms with van der Waals surface area (Å²) in [5, 5.41) is 42.3. The van der Waals surface area contributed by atoms with Crippen molar-refractivity contribution < 1.29 is 29.6 Å². The summed E-state index contributed by atoms with van der Waals surface area (Å²) in [7, 11) is 1.98. The van der Waals surface area contributed by atoms with E-state index in [9.17, 15) is 30.0 Å². The second-order valence-corrected chi connectivity index (χ2v) is 9.54. The number of nitrogens with zero attached hydrogens (tertiary/aromatic N) is 2. The van der Waals surface area contributed by atoms with E-state index in [0.29, 0.717) is 37.3 Å². The number of aromatic hydroxyl groups is 4. The fraction of sp³-hybridized carbons (Fsp3) is 0.241. The number of carbonyl (C=O) groups excluding carboxylic acids is 1. The molecule has 1 atom stereocenters. The number of carbonyl (C=O) groups is 1. The third-order valence-corrected chi connectivity index (χ3v) is 7.05. The molecule has 9 heteroatoms. The highest BCUT2D eigenvalue weighted by molar-refractivity contribution is 5.94. The van der Waals surface area contributed by atoms with Gasteiger partial charge in [-0.05, 0) is 24.7 Å². The molecule has 0 radical (unpaired) electrons. The average Bonchev–Trinajstić information content (AvgIpc) is 2.91. The van der Waals surface area contributed by atoms with Crippen LogP contribution in [0.2, 0.25) is 0 Å². The lowest BCUT2D eigenvalue weighted by Crippen LogP contribution is -2.47. The monoisotopic (exact) mass is 516 g/mol. The van der Waals surface area contributed by atoms with E-state index in [1.807, 2.05) is 13.1 Å². The third-order valence-electron chi connectivity index (χ3n) is 7.05. The van der Waals surface area contributed by atoms with E-state index < -0.39 is 28.6 Å². The first-order valence-electron chi connectivity index (χ1n) is 12.3. The van der Waals surface area contributed by atoms with Gasteiger partial charge in [0.25, 0.3) is 0 Å². The second kappa shape index (κ2) is 10.1. The summed E-state index contributed by atoms with van der Waals surface area (Å²) < 4.78 is 6.13. The summed E-state index contributed by atoms with van der Waals surface area (Å²) in [5.41, 5.74) is 0.245. The maximum absolute atomic E-state index is 13.5. The molecule has 0 saturated carbocycles. The lowest BCUT2D eigenvalue weighted by molar-refractivity contribution is -0.133. The topological polar surface area (TPSA) is 135 Å². The van der Waals surface area contributed by atoms with Crippen LogP contribution in [0, 0.1) is 0 Å². The van der Waals surface area contributed by atoms with Gasteiger partial charge in [-0.1, -0.05) is 42.5 Å². The molecule has 0 spiro atoms. The fourth-order valence-electron chi connectivity index (χ4n) is 4.93. The molecule has 1 amide bonds. The van der Waals surface area contributed by atoms with Gasteiger partial charge in [0.1, 0.15) is 22.5 Å². The van der Waals surface area contributed by atoms with Crippen molar-refractivity contribution in [3.8, 4) is 34.3 Å². The number of piperazine rings is 1. The minimum Gasteiger partial charge on any atom is -0.508 e. The quantitative estimate of drug-likeness (QED) is 0.296. The Balaban J connectivity index is 1.73. The number of likely N-dealkylation sites (N-methyl/N-ethyl adjacent to an activating group) is 1. The molecule has 3 aromatic carbocycles. The first-order chi connectivity index (χ1) is 18.2. The molecule has 4 aromatic rings. The number of rotatable bonds is 5. The smallest absolute Gasteiger partial charge is 0.223 e. The Bertz CT molecular complexity index is 1560. The Morgan fingerprint density at radius 1 is 0.895 bits per heavy atom. The van der Waals surface area contributed by atoms with Crippen molar-refractivity contribution in [2.45, 2.75) is 12.3 Å². The van der Waals surface area contributed by atoms with Crippen molar-refractivity contribution >= 4 is 16.9 Å². The molecule has 0 aliphatic carbocycles. The fourth-order valence-corrected chi connectivity index (χ4v) is 4.93. The van der Waals surface area contributed by atoms with Gasteiger partial charge in [-0.25, -0.2) is 0 Å². The van der Waals surface area contributed by atoms with Crippen molar-refractivity contribution in [1.29, 1.82) is 0 Å². The second-order valence-electron chi connectivity index (χ2n) is 9.54. The van der Waals surface area contributed by atoms with Gasteiger partial charge in [0, 0.05) is 55.7 Å². The zero-order valence-corrected chi connectivity index (χ0v) is 20.8. The molecule has 0 unspecified atom stereocenters. The largest absolute Gasteiger partial charge is 0.508 e. The molecule has 196 valence electrons. The zero-order chi connectivity index (χ0) is 27.0. The molecule has 5 rings (SSSR count). The standard InChI is InChI=1S/C29H28N2O7/c1-30-10-12-31(13-11-30)23(34)15-20(18-8-5-9-19(32)14-18)24-26(35)28(37)27(36)25-21(33)16-22(38-29(24)25)17-6-3-2-4-7-17/h2-9,14,16,20,32,35-37H,10-13,15H2,1H3/t20-/m1/s1. The van der Waals surface area contributed by atoms with E-state index in [4.69, 9.17) is 4.42 Å². The van der Waals surface area contributed by atoms with Crippen LogP contribution in [0.15, 0.2) is 69.9 Å². The predicted octanol–water partition coefficient (Wildman–Crippen LogP) is 3.58. The van der Waals surface area contributed by atoms with Gasteiger partial charge in [-0.2, -0.15) is 0 Å². The number of phenolic OH excluding ortho intramolecular Hbond substituents is 4. The van der Waals surface area contributed by atoms with Crippen LogP contribution in [-0.2, 0) is 4.79 Å². The molecule has 1 aliphatic rings. The summed E-state index contributed by atoms with van der Waals surface area (Å²) in [6, 6.07) is 16.3. The summed E-state index contributed by atoms with van der Waals surface area (Å²) >= 11 is 0. The molecule has 2 heterocycles. The van der Waals surface area contributed by atoms with E-state index in [1.165, 1.54) is 18.2 Å². The number of fused-ring (bicyclic) bond motifs is 1. The first-order valence-corrected chi connectivity index (χ1v) is 12.3. The Labute approximate surface area is 218 Å². The molecule has 1 fully saturated rings.